The Morgan fingerprint density at radius 1 is 1.08 bits per heavy atom. The van der Waals surface area contributed by atoms with Gasteiger partial charge in [0.25, 0.3) is 0 Å². The van der Waals surface area contributed by atoms with Crippen molar-refractivity contribution in [3.8, 4) is 5.75 Å². The third-order valence-corrected chi connectivity index (χ3v) is 7.26. The van der Waals surface area contributed by atoms with Gasteiger partial charge in [0, 0.05) is 12.6 Å². The predicted molar refractivity (Wildman–Crippen MR) is 106 cm³/mol. The average molecular weight is 358 g/mol. The molecule has 26 heavy (non-hydrogen) atoms. The zero-order valence-corrected chi connectivity index (χ0v) is 16.4. The van der Waals surface area contributed by atoms with Gasteiger partial charge in [-0.05, 0) is 92.7 Å². The molecule has 4 saturated carbocycles. The number of rotatable bonds is 8. The fourth-order valence-electron chi connectivity index (χ4n) is 6.10. The van der Waals surface area contributed by atoms with E-state index in [9.17, 15) is 5.11 Å². The Morgan fingerprint density at radius 2 is 1.65 bits per heavy atom. The Morgan fingerprint density at radius 3 is 2.19 bits per heavy atom. The van der Waals surface area contributed by atoms with Gasteiger partial charge < -0.3 is 15.2 Å². The molecule has 2 N–H and O–H groups in total. The van der Waals surface area contributed by atoms with Gasteiger partial charge in [-0.25, -0.2) is 0 Å². The van der Waals surface area contributed by atoms with Crippen LogP contribution >= 0.6 is 0 Å². The van der Waals surface area contributed by atoms with Crippen molar-refractivity contribution in [2.45, 2.75) is 76.4 Å². The van der Waals surface area contributed by atoms with Gasteiger partial charge in [0.1, 0.15) is 18.5 Å². The molecule has 4 fully saturated rings. The molecular formula is C23H35NO2. The van der Waals surface area contributed by atoms with E-state index >= 15 is 0 Å². The number of aliphatic hydroxyl groups is 1. The van der Waals surface area contributed by atoms with Gasteiger partial charge in [0.15, 0.2) is 0 Å². The van der Waals surface area contributed by atoms with E-state index in [1.165, 1.54) is 44.1 Å². The topological polar surface area (TPSA) is 41.5 Å². The van der Waals surface area contributed by atoms with Crippen LogP contribution in [0.2, 0.25) is 0 Å². The molecule has 2 atom stereocenters. The van der Waals surface area contributed by atoms with E-state index in [1.54, 1.807) is 0 Å². The summed E-state index contributed by atoms with van der Waals surface area (Å²) in [6.07, 6.45) is 9.28. The Balaban J connectivity index is 1.33. The molecule has 0 spiro atoms. The summed E-state index contributed by atoms with van der Waals surface area (Å²) in [6, 6.07) is 9.26. The normalized spacial score (nSPS) is 34.7. The number of benzene rings is 1. The molecule has 1 aromatic carbocycles. The van der Waals surface area contributed by atoms with Crippen LogP contribution < -0.4 is 10.1 Å². The summed E-state index contributed by atoms with van der Waals surface area (Å²) in [4.78, 5) is 0. The highest BCUT2D eigenvalue weighted by molar-refractivity contribution is 5.34. The molecule has 0 aromatic heterocycles. The molecular weight excluding hydrogens is 322 g/mol. The number of nitrogens with one attached hydrogen (secondary N) is 1. The van der Waals surface area contributed by atoms with E-state index in [2.05, 4.69) is 43.4 Å². The van der Waals surface area contributed by atoms with Gasteiger partial charge in [0.05, 0.1) is 0 Å². The van der Waals surface area contributed by atoms with E-state index < -0.39 is 6.10 Å². The van der Waals surface area contributed by atoms with Gasteiger partial charge in [-0.1, -0.05) is 19.1 Å². The molecule has 0 saturated heterocycles. The lowest BCUT2D eigenvalue weighted by Crippen LogP contribution is -2.48. The van der Waals surface area contributed by atoms with Gasteiger partial charge in [-0.15, -0.1) is 0 Å². The average Bonchev–Trinajstić information content (AvgIpc) is 2.63. The Kier molecular flexibility index (Phi) is 5.29. The third-order valence-electron chi connectivity index (χ3n) is 7.26. The van der Waals surface area contributed by atoms with E-state index in [-0.39, 0.29) is 0 Å². The molecule has 0 radical (unpaired) electrons. The maximum atomic E-state index is 10.1. The van der Waals surface area contributed by atoms with Crippen molar-refractivity contribution < 1.29 is 9.84 Å². The molecule has 0 amide bonds. The molecule has 5 rings (SSSR count). The zero-order valence-electron chi connectivity index (χ0n) is 16.4. The minimum atomic E-state index is -0.466. The van der Waals surface area contributed by atoms with Gasteiger partial charge in [-0.2, -0.15) is 0 Å². The fraction of sp³-hybridized carbons (Fsp3) is 0.739. The first kappa shape index (κ1) is 18.3. The summed E-state index contributed by atoms with van der Waals surface area (Å²) in [5, 5.41) is 13.4. The molecule has 0 aliphatic heterocycles. The van der Waals surface area contributed by atoms with Crippen molar-refractivity contribution in [3.05, 3.63) is 29.8 Å². The highest BCUT2D eigenvalue weighted by Crippen LogP contribution is 2.60. The lowest BCUT2D eigenvalue weighted by molar-refractivity contribution is -0.00521. The van der Waals surface area contributed by atoms with Gasteiger partial charge in [-0.3, -0.25) is 0 Å². The number of hydrogen-bond donors (Lipinski definition) is 2. The largest absolute Gasteiger partial charge is 0.491 e. The molecule has 3 heteroatoms. The van der Waals surface area contributed by atoms with Crippen LogP contribution in [0.4, 0.5) is 0 Å². The Bertz CT molecular complexity index is 561. The Labute approximate surface area is 158 Å². The molecule has 0 unspecified atom stereocenters. The van der Waals surface area contributed by atoms with Crippen molar-refractivity contribution in [1.29, 1.82) is 0 Å². The quantitative estimate of drug-likeness (QED) is 0.729. The smallest absolute Gasteiger partial charge is 0.119 e. The van der Waals surface area contributed by atoms with Gasteiger partial charge in [0.2, 0.25) is 0 Å². The molecule has 3 nitrogen and oxygen atoms in total. The number of aliphatic hydroxyl groups excluding tert-OH is 1. The molecule has 4 aliphatic rings. The molecule has 144 valence electrons. The predicted octanol–water partition coefficient (Wildman–Crippen LogP) is 4.28. The second kappa shape index (κ2) is 7.52. The van der Waals surface area contributed by atoms with Crippen molar-refractivity contribution in [2.24, 2.45) is 17.8 Å². The second-order valence-electron chi connectivity index (χ2n) is 9.40. The van der Waals surface area contributed by atoms with E-state index in [1.807, 2.05) is 0 Å². The van der Waals surface area contributed by atoms with Crippen LogP contribution in [-0.4, -0.2) is 30.4 Å². The summed E-state index contributed by atoms with van der Waals surface area (Å²) in [6.45, 7) is 5.21. The minimum Gasteiger partial charge on any atom is -0.491 e. The first-order valence-corrected chi connectivity index (χ1v) is 10.7. The van der Waals surface area contributed by atoms with Gasteiger partial charge >= 0.3 is 0 Å². The molecule has 4 aliphatic carbocycles. The molecule has 1 aromatic rings. The van der Waals surface area contributed by atoms with E-state index in [0.717, 1.165) is 29.9 Å². The minimum absolute atomic E-state index is 0.347. The van der Waals surface area contributed by atoms with Crippen molar-refractivity contribution >= 4 is 0 Å². The van der Waals surface area contributed by atoms with E-state index in [4.69, 9.17) is 4.74 Å². The standard InChI is InChI=1S/C23H35NO2/c1-3-16(2)24-14-21(25)15-26-22-6-4-20(5-7-22)23-11-17-8-18(12-23)10-19(9-17)13-23/h4-7,16-19,21,24-25H,3,8-15H2,1-2H3/t16-,17?,18?,19?,21-,23?/m1/s1. The van der Waals surface area contributed by atoms with Crippen LogP contribution in [-0.2, 0) is 5.41 Å². The highest BCUT2D eigenvalue weighted by Gasteiger charge is 2.51. The third kappa shape index (κ3) is 3.80. The fourth-order valence-corrected chi connectivity index (χ4v) is 6.10. The monoisotopic (exact) mass is 357 g/mol. The molecule has 0 heterocycles. The summed E-state index contributed by atoms with van der Waals surface area (Å²) in [5.74, 6) is 3.81. The van der Waals surface area contributed by atoms with Crippen LogP contribution in [0.1, 0.15) is 64.4 Å². The van der Waals surface area contributed by atoms with Crippen LogP contribution in [0, 0.1) is 17.8 Å². The summed E-state index contributed by atoms with van der Waals surface area (Å²) < 4.78 is 5.82. The van der Waals surface area contributed by atoms with Crippen molar-refractivity contribution in [1.82, 2.24) is 5.32 Å². The summed E-state index contributed by atoms with van der Waals surface area (Å²) in [7, 11) is 0. The first-order chi connectivity index (χ1) is 12.6. The van der Waals surface area contributed by atoms with Crippen molar-refractivity contribution in [3.63, 3.8) is 0 Å². The van der Waals surface area contributed by atoms with Crippen LogP contribution in [0.15, 0.2) is 24.3 Å². The van der Waals surface area contributed by atoms with Crippen LogP contribution in [0.5, 0.6) is 5.75 Å². The number of ether oxygens (including phenoxy) is 1. The SMILES string of the molecule is CC[C@@H](C)NC[C@@H](O)COc1ccc(C23CC4CC(CC(C4)C2)C3)cc1. The summed E-state index contributed by atoms with van der Waals surface area (Å²) >= 11 is 0. The second-order valence-corrected chi connectivity index (χ2v) is 9.40. The summed E-state index contributed by atoms with van der Waals surface area (Å²) in [5.41, 5.74) is 1.98. The lowest BCUT2D eigenvalue weighted by atomic mass is 9.48. The number of hydrogen-bond acceptors (Lipinski definition) is 3. The maximum absolute atomic E-state index is 10.1. The zero-order chi connectivity index (χ0) is 18.1. The Hall–Kier alpha value is -1.06. The lowest BCUT2D eigenvalue weighted by Gasteiger charge is -2.57. The highest BCUT2D eigenvalue weighted by atomic mass is 16.5. The first-order valence-electron chi connectivity index (χ1n) is 10.7. The molecule has 4 bridgehead atoms. The van der Waals surface area contributed by atoms with Crippen LogP contribution in [0.25, 0.3) is 0 Å². The van der Waals surface area contributed by atoms with E-state index in [0.29, 0.717) is 24.6 Å². The van der Waals surface area contributed by atoms with Crippen LogP contribution in [0.3, 0.4) is 0 Å². The maximum Gasteiger partial charge on any atom is 0.119 e. The van der Waals surface area contributed by atoms with Crippen molar-refractivity contribution in [2.75, 3.05) is 13.2 Å².